The first-order valence-electron chi connectivity index (χ1n) is 7.41. The molecule has 5 nitrogen and oxygen atoms in total. The molecule has 0 saturated carbocycles. The third-order valence-corrected chi connectivity index (χ3v) is 3.93. The van der Waals surface area contributed by atoms with Crippen molar-refractivity contribution in [2.45, 2.75) is 13.5 Å². The maximum atomic E-state index is 9.66. The van der Waals surface area contributed by atoms with Gasteiger partial charge in [0.15, 0.2) is 11.5 Å². The second kappa shape index (κ2) is 5.44. The molecule has 0 saturated heterocycles. The Labute approximate surface area is 133 Å². The van der Waals surface area contributed by atoms with Gasteiger partial charge in [-0.1, -0.05) is 18.2 Å². The van der Waals surface area contributed by atoms with Gasteiger partial charge in [-0.05, 0) is 30.7 Å². The van der Waals surface area contributed by atoms with Crippen LogP contribution in [-0.2, 0) is 6.61 Å². The summed E-state index contributed by atoms with van der Waals surface area (Å²) in [7, 11) is 0. The highest BCUT2D eigenvalue weighted by atomic mass is 16.7. The fourth-order valence-corrected chi connectivity index (χ4v) is 2.73. The molecular weight excluding hydrogens is 292 g/mol. The summed E-state index contributed by atoms with van der Waals surface area (Å²) in [5.74, 6) is 2.09. The van der Waals surface area contributed by atoms with Crippen LogP contribution in [0, 0.1) is 6.92 Å². The Morgan fingerprint density at radius 2 is 2.00 bits per heavy atom. The molecule has 0 spiro atoms. The minimum atomic E-state index is -0.0796. The fraction of sp³-hybridized carbons (Fsp3) is 0.167. The lowest BCUT2D eigenvalue weighted by molar-refractivity contribution is 0.174. The van der Waals surface area contributed by atoms with Crippen molar-refractivity contribution < 1.29 is 14.6 Å². The van der Waals surface area contributed by atoms with Gasteiger partial charge in [-0.2, -0.15) is 0 Å². The van der Waals surface area contributed by atoms with Crippen molar-refractivity contribution in [3.63, 3.8) is 0 Å². The third-order valence-electron chi connectivity index (χ3n) is 3.93. The molecule has 1 aliphatic heterocycles. The molecule has 3 aromatic rings. The Kier molecular flexibility index (Phi) is 3.28. The highest BCUT2D eigenvalue weighted by Crippen LogP contribution is 2.35. The predicted molar refractivity (Wildman–Crippen MR) is 88.3 cm³/mol. The molecular formula is C18H16N2O3. The van der Waals surface area contributed by atoms with Gasteiger partial charge < -0.3 is 19.9 Å². The number of nitrogens with zero attached hydrogens (tertiary/aromatic N) is 1. The molecule has 2 N–H and O–H groups in total. The molecule has 5 heteroatoms. The highest BCUT2D eigenvalue weighted by molar-refractivity contribution is 5.85. The highest BCUT2D eigenvalue weighted by Gasteiger charge is 2.14. The van der Waals surface area contributed by atoms with Crippen molar-refractivity contribution in [1.29, 1.82) is 0 Å². The van der Waals surface area contributed by atoms with Crippen LogP contribution in [0.5, 0.6) is 11.5 Å². The zero-order chi connectivity index (χ0) is 15.8. The standard InChI is InChI=1S/C18H16N2O3/c1-11-3-2-4-12-7-13(9-21)18(20-17(11)12)19-14-5-6-15-16(8-14)23-10-22-15/h2-8,21H,9-10H2,1H3,(H,19,20). The average molecular weight is 308 g/mol. The minimum Gasteiger partial charge on any atom is -0.454 e. The van der Waals surface area contributed by atoms with Crippen molar-refractivity contribution in [2.24, 2.45) is 0 Å². The molecule has 23 heavy (non-hydrogen) atoms. The number of aliphatic hydroxyl groups is 1. The Morgan fingerprint density at radius 3 is 2.87 bits per heavy atom. The van der Waals surface area contributed by atoms with E-state index < -0.39 is 0 Å². The van der Waals surface area contributed by atoms with E-state index in [1.165, 1.54) is 0 Å². The fourth-order valence-electron chi connectivity index (χ4n) is 2.73. The number of hydrogen-bond acceptors (Lipinski definition) is 5. The van der Waals surface area contributed by atoms with E-state index >= 15 is 0 Å². The van der Waals surface area contributed by atoms with Crippen LogP contribution in [0.15, 0.2) is 42.5 Å². The summed E-state index contributed by atoms with van der Waals surface area (Å²) >= 11 is 0. The number of aryl methyl sites for hydroxylation is 1. The van der Waals surface area contributed by atoms with Crippen LogP contribution in [0.4, 0.5) is 11.5 Å². The average Bonchev–Trinajstić information content (AvgIpc) is 3.03. The maximum absolute atomic E-state index is 9.66. The molecule has 1 aromatic heterocycles. The largest absolute Gasteiger partial charge is 0.454 e. The second-order valence-electron chi connectivity index (χ2n) is 5.49. The van der Waals surface area contributed by atoms with Crippen LogP contribution in [0.2, 0.25) is 0 Å². The number of fused-ring (bicyclic) bond motifs is 2. The van der Waals surface area contributed by atoms with Gasteiger partial charge in [0.2, 0.25) is 6.79 Å². The summed E-state index contributed by atoms with van der Waals surface area (Å²) in [6, 6.07) is 13.6. The second-order valence-corrected chi connectivity index (χ2v) is 5.49. The van der Waals surface area contributed by atoms with E-state index in [2.05, 4.69) is 5.32 Å². The van der Waals surface area contributed by atoms with Crippen LogP contribution in [-0.4, -0.2) is 16.9 Å². The van der Waals surface area contributed by atoms with Gasteiger partial charge in [-0.25, -0.2) is 4.98 Å². The molecule has 0 unspecified atom stereocenters. The molecule has 0 aliphatic carbocycles. The molecule has 0 atom stereocenters. The monoisotopic (exact) mass is 308 g/mol. The number of para-hydroxylation sites is 1. The molecule has 0 fully saturated rings. The first-order chi connectivity index (χ1) is 11.2. The lowest BCUT2D eigenvalue weighted by atomic mass is 10.1. The number of anilines is 2. The van der Waals surface area contributed by atoms with Gasteiger partial charge >= 0.3 is 0 Å². The van der Waals surface area contributed by atoms with Gasteiger partial charge in [0, 0.05) is 22.7 Å². The molecule has 4 rings (SSSR count). The lowest BCUT2D eigenvalue weighted by Crippen LogP contribution is -2.00. The van der Waals surface area contributed by atoms with E-state index in [0.717, 1.165) is 33.5 Å². The number of aromatic nitrogens is 1. The normalized spacial score (nSPS) is 12.6. The molecule has 1 aliphatic rings. The van der Waals surface area contributed by atoms with E-state index in [0.29, 0.717) is 11.6 Å². The summed E-state index contributed by atoms with van der Waals surface area (Å²) in [6.45, 7) is 2.19. The molecule has 2 aromatic carbocycles. The van der Waals surface area contributed by atoms with Crippen molar-refractivity contribution in [3.05, 3.63) is 53.6 Å². The summed E-state index contributed by atoms with van der Waals surface area (Å²) < 4.78 is 10.7. The van der Waals surface area contributed by atoms with Crippen molar-refractivity contribution in [3.8, 4) is 11.5 Å². The van der Waals surface area contributed by atoms with Crippen LogP contribution in [0.1, 0.15) is 11.1 Å². The van der Waals surface area contributed by atoms with E-state index in [-0.39, 0.29) is 13.4 Å². The Morgan fingerprint density at radius 1 is 1.13 bits per heavy atom. The molecule has 0 amide bonds. The Bertz CT molecular complexity index is 893. The number of hydrogen-bond donors (Lipinski definition) is 2. The SMILES string of the molecule is Cc1cccc2cc(CO)c(Nc3ccc4c(c3)OCO4)nc12. The number of benzene rings is 2. The van der Waals surface area contributed by atoms with Gasteiger partial charge in [-0.15, -0.1) is 0 Å². The first kappa shape index (κ1) is 13.8. The topological polar surface area (TPSA) is 63.6 Å². The van der Waals surface area contributed by atoms with E-state index in [1.807, 2.05) is 49.4 Å². The zero-order valence-electron chi connectivity index (χ0n) is 12.7. The summed E-state index contributed by atoms with van der Waals surface area (Å²) in [4.78, 5) is 4.69. The van der Waals surface area contributed by atoms with Crippen LogP contribution in [0.3, 0.4) is 0 Å². The van der Waals surface area contributed by atoms with E-state index in [4.69, 9.17) is 14.5 Å². The Hall–Kier alpha value is -2.79. The summed E-state index contributed by atoms with van der Waals surface area (Å²) in [6.07, 6.45) is 0. The summed E-state index contributed by atoms with van der Waals surface area (Å²) in [5.41, 5.74) is 3.61. The number of pyridine rings is 1. The van der Waals surface area contributed by atoms with Crippen molar-refractivity contribution >= 4 is 22.4 Å². The minimum absolute atomic E-state index is 0.0796. The number of ether oxygens (including phenoxy) is 2. The molecule has 116 valence electrons. The summed E-state index contributed by atoms with van der Waals surface area (Å²) in [5, 5.41) is 13.9. The Balaban J connectivity index is 1.77. The van der Waals surface area contributed by atoms with Crippen LogP contribution < -0.4 is 14.8 Å². The first-order valence-corrected chi connectivity index (χ1v) is 7.41. The predicted octanol–water partition coefficient (Wildman–Crippen LogP) is 3.51. The van der Waals surface area contributed by atoms with Gasteiger partial charge in [0.05, 0.1) is 12.1 Å². The van der Waals surface area contributed by atoms with Crippen molar-refractivity contribution in [1.82, 2.24) is 4.98 Å². The molecule has 0 bridgehead atoms. The van der Waals surface area contributed by atoms with Crippen molar-refractivity contribution in [2.75, 3.05) is 12.1 Å². The van der Waals surface area contributed by atoms with E-state index in [9.17, 15) is 5.11 Å². The smallest absolute Gasteiger partial charge is 0.231 e. The number of nitrogens with one attached hydrogen (secondary N) is 1. The number of rotatable bonds is 3. The maximum Gasteiger partial charge on any atom is 0.231 e. The zero-order valence-corrected chi connectivity index (χ0v) is 12.7. The molecule has 2 heterocycles. The number of aliphatic hydroxyl groups excluding tert-OH is 1. The quantitative estimate of drug-likeness (QED) is 0.775. The van der Waals surface area contributed by atoms with Gasteiger partial charge in [0.1, 0.15) is 5.82 Å². The lowest BCUT2D eigenvalue weighted by Gasteiger charge is -2.12. The van der Waals surface area contributed by atoms with Crippen LogP contribution in [0.25, 0.3) is 10.9 Å². The molecule has 0 radical (unpaired) electrons. The van der Waals surface area contributed by atoms with Gasteiger partial charge in [-0.3, -0.25) is 0 Å². The van der Waals surface area contributed by atoms with Gasteiger partial charge in [0.25, 0.3) is 0 Å². The third kappa shape index (κ3) is 2.45. The van der Waals surface area contributed by atoms with Crippen LogP contribution >= 0.6 is 0 Å². The van der Waals surface area contributed by atoms with E-state index in [1.54, 1.807) is 0 Å².